The first-order valence-electron chi connectivity index (χ1n) is 9.98. The fraction of sp³-hybridized carbons (Fsp3) is 0.727. The molecule has 0 aromatic rings. The molecule has 26 heavy (non-hydrogen) atoms. The van der Waals surface area contributed by atoms with Crippen molar-refractivity contribution in [3.63, 3.8) is 0 Å². The Morgan fingerprint density at radius 1 is 1.31 bits per heavy atom. The standard InChI is InChI=1S/C22H30O4/c1-13-10-14-11-15(24)4-7-20(14,2)16-5-8-21(3)17(19(13)16)6-9-22(21,26)18(25)12-23/h5,11,13,17,19,23,26H,4,6-10,12H2,1-3H3/t13?,17?,19?,20-,21-,22-/m0/s1. The van der Waals surface area contributed by atoms with Crippen molar-refractivity contribution < 1.29 is 19.8 Å². The second kappa shape index (κ2) is 5.62. The molecule has 0 spiro atoms. The molecule has 4 nitrogen and oxygen atoms in total. The molecule has 142 valence electrons. The van der Waals surface area contributed by atoms with E-state index in [1.165, 1.54) is 11.1 Å². The van der Waals surface area contributed by atoms with Crippen LogP contribution in [0.4, 0.5) is 0 Å². The van der Waals surface area contributed by atoms with E-state index in [0.29, 0.717) is 31.1 Å². The third kappa shape index (κ3) is 2.09. The zero-order chi connectivity index (χ0) is 18.9. The van der Waals surface area contributed by atoms with Crippen LogP contribution < -0.4 is 0 Å². The maximum absolute atomic E-state index is 12.4. The number of rotatable bonds is 2. The average molecular weight is 358 g/mol. The van der Waals surface area contributed by atoms with E-state index in [1.807, 2.05) is 13.0 Å². The molecule has 0 amide bonds. The van der Waals surface area contributed by atoms with Crippen molar-refractivity contribution in [3.05, 3.63) is 23.3 Å². The van der Waals surface area contributed by atoms with Gasteiger partial charge in [-0.3, -0.25) is 9.59 Å². The van der Waals surface area contributed by atoms with Gasteiger partial charge in [0.1, 0.15) is 12.2 Å². The van der Waals surface area contributed by atoms with Gasteiger partial charge in [-0.25, -0.2) is 0 Å². The SMILES string of the molecule is CC1CC2=CC(=O)CC[C@]2(C)C2=CC[C@@]3(C)C(CC[C@]3(O)C(=O)CO)C21. The summed E-state index contributed by atoms with van der Waals surface area (Å²) in [6.45, 7) is 5.96. The minimum absolute atomic E-state index is 0.0475. The highest BCUT2D eigenvalue weighted by atomic mass is 16.3. The zero-order valence-corrected chi connectivity index (χ0v) is 16.0. The highest BCUT2D eigenvalue weighted by molar-refractivity contribution is 5.92. The zero-order valence-electron chi connectivity index (χ0n) is 16.0. The van der Waals surface area contributed by atoms with Crippen LogP contribution in [0, 0.1) is 28.6 Å². The number of aliphatic hydroxyl groups excluding tert-OH is 1. The molecule has 4 heteroatoms. The smallest absolute Gasteiger partial charge is 0.190 e. The summed E-state index contributed by atoms with van der Waals surface area (Å²) in [6, 6.07) is 0. The number of carbonyl (C=O) groups excluding carboxylic acids is 2. The topological polar surface area (TPSA) is 74.6 Å². The van der Waals surface area contributed by atoms with Gasteiger partial charge >= 0.3 is 0 Å². The highest BCUT2D eigenvalue weighted by Crippen LogP contribution is 2.66. The van der Waals surface area contributed by atoms with Crippen LogP contribution >= 0.6 is 0 Å². The van der Waals surface area contributed by atoms with Crippen LogP contribution in [0.5, 0.6) is 0 Å². The number of hydrogen-bond donors (Lipinski definition) is 2. The average Bonchev–Trinajstić information content (AvgIpc) is 2.88. The summed E-state index contributed by atoms with van der Waals surface area (Å²) in [4.78, 5) is 24.4. The lowest BCUT2D eigenvalue weighted by Crippen LogP contribution is -2.56. The van der Waals surface area contributed by atoms with Crippen molar-refractivity contribution in [2.45, 2.75) is 64.9 Å². The monoisotopic (exact) mass is 358 g/mol. The molecule has 4 rings (SSSR count). The van der Waals surface area contributed by atoms with E-state index in [4.69, 9.17) is 0 Å². The highest BCUT2D eigenvalue weighted by Gasteiger charge is 2.65. The largest absolute Gasteiger partial charge is 0.388 e. The van der Waals surface area contributed by atoms with Crippen molar-refractivity contribution in [2.24, 2.45) is 28.6 Å². The molecule has 0 aromatic carbocycles. The minimum Gasteiger partial charge on any atom is -0.388 e. The minimum atomic E-state index is -1.42. The maximum atomic E-state index is 12.4. The van der Waals surface area contributed by atoms with Crippen molar-refractivity contribution in [1.29, 1.82) is 0 Å². The number of hydrogen-bond acceptors (Lipinski definition) is 4. The third-order valence-corrected chi connectivity index (χ3v) is 8.43. The van der Waals surface area contributed by atoms with Gasteiger partial charge in [0.15, 0.2) is 11.6 Å². The van der Waals surface area contributed by atoms with Crippen LogP contribution in [0.2, 0.25) is 0 Å². The summed E-state index contributed by atoms with van der Waals surface area (Å²) in [7, 11) is 0. The summed E-state index contributed by atoms with van der Waals surface area (Å²) in [6.07, 6.45) is 8.46. The van der Waals surface area contributed by atoms with E-state index in [2.05, 4.69) is 19.9 Å². The second-order valence-electron chi connectivity index (χ2n) is 9.54. The first-order valence-corrected chi connectivity index (χ1v) is 9.98. The van der Waals surface area contributed by atoms with E-state index in [9.17, 15) is 19.8 Å². The lowest BCUT2D eigenvalue weighted by atomic mass is 9.48. The van der Waals surface area contributed by atoms with Gasteiger partial charge in [0.2, 0.25) is 0 Å². The third-order valence-electron chi connectivity index (χ3n) is 8.43. The fourth-order valence-corrected chi connectivity index (χ4v) is 6.78. The Kier molecular flexibility index (Phi) is 3.92. The Bertz CT molecular complexity index is 734. The molecule has 3 unspecified atom stereocenters. The molecular formula is C22H30O4. The maximum Gasteiger partial charge on any atom is 0.190 e. The predicted octanol–water partition coefficient (Wildman–Crippen LogP) is 2.98. The molecule has 2 fully saturated rings. The molecule has 4 aliphatic rings. The summed E-state index contributed by atoms with van der Waals surface area (Å²) < 4.78 is 0. The molecule has 0 saturated heterocycles. The number of ketones is 2. The van der Waals surface area contributed by atoms with Gasteiger partial charge in [-0.1, -0.05) is 38.0 Å². The fourth-order valence-electron chi connectivity index (χ4n) is 6.78. The molecule has 2 saturated carbocycles. The summed E-state index contributed by atoms with van der Waals surface area (Å²) in [5.41, 5.74) is 0.712. The normalized spacial score (nSPS) is 47.4. The molecule has 0 heterocycles. The van der Waals surface area contributed by atoms with E-state index in [0.717, 1.165) is 19.3 Å². The second-order valence-corrected chi connectivity index (χ2v) is 9.54. The molecule has 6 atom stereocenters. The molecule has 0 aliphatic heterocycles. The van der Waals surface area contributed by atoms with Crippen LogP contribution in [0.3, 0.4) is 0 Å². The van der Waals surface area contributed by atoms with Crippen molar-refractivity contribution in [1.82, 2.24) is 0 Å². The predicted molar refractivity (Wildman–Crippen MR) is 98.3 cm³/mol. The molecule has 0 radical (unpaired) electrons. The lowest BCUT2D eigenvalue weighted by molar-refractivity contribution is -0.156. The van der Waals surface area contributed by atoms with Gasteiger partial charge in [0, 0.05) is 17.3 Å². The number of allylic oxidation sites excluding steroid dienone is 4. The van der Waals surface area contributed by atoms with Gasteiger partial charge in [0.25, 0.3) is 0 Å². The summed E-state index contributed by atoms with van der Waals surface area (Å²) >= 11 is 0. The molecule has 0 bridgehead atoms. The van der Waals surface area contributed by atoms with E-state index < -0.39 is 23.4 Å². The van der Waals surface area contributed by atoms with Crippen molar-refractivity contribution in [3.8, 4) is 0 Å². The van der Waals surface area contributed by atoms with Gasteiger partial charge < -0.3 is 10.2 Å². The van der Waals surface area contributed by atoms with Gasteiger partial charge in [-0.2, -0.15) is 0 Å². The Morgan fingerprint density at radius 2 is 2.04 bits per heavy atom. The lowest BCUT2D eigenvalue weighted by Gasteiger charge is -2.56. The van der Waals surface area contributed by atoms with E-state index in [1.54, 1.807) is 0 Å². The van der Waals surface area contributed by atoms with Crippen LogP contribution in [0.25, 0.3) is 0 Å². The van der Waals surface area contributed by atoms with Crippen LogP contribution in [0.1, 0.15) is 59.3 Å². The van der Waals surface area contributed by atoms with Crippen LogP contribution in [-0.4, -0.2) is 34.0 Å². The molecule has 4 aliphatic carbocycles. The van der Waals surface area contributed by atoms with Crippen molar-refractivity contribution >= 4 is 11.6 Å². The number of aliphatic hydroxyl groups is 2. The summed E-state index contributed by atoms with van der Waals surface area (Å²) in [5.74, 6) is 0.785. The number of Topliss-reactive ketones (excluding diaryl/α,β-unsaturated/α-hetero) is 1. The molecule has 0 aromatic heterocycles. The first-order chi connectivity index (χ1) is 12.2. The summed E-state index contributed by atoms with van der Waals surface area (Å²) in [5, 5.41) is 20.6. The number of carbonyl (C=O) groups is 2. The first kappa shape index (κ1) is 18.1. The van der Waals surface area contributed by atoms with Gasteiger partial charge in [0.05, 0.1) is 0 Å². The molecular weight excluding hydrogens is 328 g/mol. The Labute approximate surface area is 155 Å². The Hall–Kier alpha value is -1.26. The van der Waals surface area contributed by atoms with Gasteiger partial charge in [-0.05, 0) is 55.9 Å². The number of fused-ring (bicyclic) bond motifs is 5. The Balaban J connectivity index is 1.80. The van der Waals surface area contributed by atoms with Crippen LogP contribution in [0.15, 0.2) is 23.3 Å². The van der Waals surface area contributed by atoms with E-state index >= 15 is 0 Å². The van der Waals surface area contributed by atoms with Crippen molar-refractivity contribution in [2.75, 3.05) is 6.61 Å². The molecule has 2 N–H and O–H groups in total. The van der Waals surface area contributed by atoms with Gasteiger partial charge in [-0.15, -0.1) is 0 Å². The van der Waals surface area contributed by atoms with Crippen LogP contribution in [-0.2, 0) is 9.59 Å². The Morgan fingerprint density at radius 3 is 2.73 bits per heavy atom. The quantitative estimate of drug-likeness (QED) is 0.744. The van der Waals surface area contributed by atoms with E-state index in [-0.39, 0.29) is 17.1 Å².